The zero-order valence-corrected chi connectivity index (χ0v) is 10.8. The number of nitriles is 1. The molecule has 1 aliphatic rings. The van der Waals surface area contributed by atoms with Crippen LogP contribution in [0.1, 0.15) is 27.7 Å². The van der Waals surface area contributed by atoms with Crippen molar-refractivity contribution >= 4 is 0 Å². The smallest absolute Gasteiger partial charge is 0.116 e. The minimum atomic E-state index is -0.458. The second-order valence-electron chi connectivity index (χ2n) is 4.90. The first-order valence-corrected chi connectivity index (χ1v) is 6.02. The first kappa shape index (κ1) is 13.4. The highest BCUT2D eigenvalue weighted by molar-refractivity contribution is 5.06. The Bertz CT molecular complexity index is 263. The van der Waals surface area contributed by atoms with Crippen LogP contribution in [0.2, 0.25) is 0 Å². The van der Waals surface area contributed by atoms with Crippen molar-refractivity contribution in [3.8, 4) is 6.07 Å². The number of hydrogen-bond acceptors (Lipinski definition) is 4. The van der Waals surface area contributed by atoms with Gasteiger partial charge in [0.1, 0.15) is 5.54 Å². The van der Waals surface area contributed by atoms with E-state index in [4.69, 9.17) is 4.74 Å². The molecule has 16 heavy (non-hydrogen) atoms. The second kappa shape index (κ2) is 5.62. The lowest BCUT2D eigenvalue weighted by atomic mass is 10.0. The molecule has 3 unspecified atom stereocenters. The molecular formula is C12H23N3O. The van der Waals surface area contributed by atoms with Gasteiger partial charge in [-0.1, -0.05) is 6.92 Å². The normalized spacial score (nSPS) is 30.7. The molecule has 0 aromatic heterocycles. The maximum absolute atomic E-state index is 9.23. The minimum absolute atomic E-state index is 0.265. The molecular weight excluding hydrogens is 202 g/mol. The fourth-order valence-electron chi connectivity index (χ4n) is 2.12. The van der Waals surface area contributed by atoms with Crippen LogP contribution in [0.15, 0.2) is 0 Å². The van der Waals surface area contributed by atoms with Crippen LogP contribution in [0.25, 0.3) is 0 Å². The summed E-state index contributed by atoms with van der Waals surface area (Å²) in [6.45, 7) is 11.5. The van der Waals surface area contributed by atoms with E-state index in [2.05, 4.69) is 30.1 Å². The Morgan fingerprint density at radius 1 is 1.56 bits per heavy atom. The molecule has 0 aromatic rings. The van der Waals surface area contributed by atoms with Crippen molar-refractivity contribution in [2.24, 2.45) is 0 Å². The molecule has 0 aliphatic carbocycles. The van der Waals surface area contributed by atoms with E-state index in [1.165, 1.54) is 0 Å². The minimum Gasteiger partial charge on any atom is -0.376 e. The van der Waals surface area contributed by atoms with E-state index in [9.17, 15) is 5.26 Å². The Labute approximate surface area is 98.6 Å². The molecule has 0 radical (unpaired) electrons. The van der Waals surface area contributed by atoms with Gasteiger partial charge in [-0.15, -0.1) is 0 Å². The first-order valence-electron chi connectivity index (χ1n) is 6.02. The van der Waals surface area contributed by atoms with Crippen molar-refractivity contribution in [2.75, 3.05) is 26.2 Å². The summed E-state index contributed by atoms with van der Waals surface area (Å²) in [5, 5.41) is 12.5. The predicted molar refractivity (Wildman–Crippen MR) is 64.1 cm³/mol. The van der Waals surface area contributed by atoms with Crippen LogP contribution < -0.4 is 5.32 Å². The molecule has 1 N–H and O–H groups in total. The lowest BCUT2D eigenvalue weighted by molar-refractivity contribution is -0.0543. The van der Waals surface area contributed by atoms with Crippen LogP contribution in [0.5, 0.6) is 0 Å². The Balaban J connectivity index is 2.60. The van der Waals surface area contributed by atoms with E-state index in [1.807, 2.05) is 13.8 Å². The average Bonchev–Trinajstić information content (AvgIpc) is 2.24. The maximum atomic E-state index is 9.23. The summed E-state index contributed by atoms with van der Waals surface area (Å²) < 4.78 is 5.58. The third-order valence-corrected chi connectivity index (χ3v) is 3.07. The summed E-state index contributed by atoms with van der Waals surface area (Å²) in [5.41, 5.74) is -0.458. The van der Waals surface area contributed by atoms with Crippen LogP contribution >= 0.6 is 0 Å². The predicted octanol–water partition coefficient (Wildman–Crippen LogP) is 0.987. The first-order chi connectivity index (χ1) is 7.50. The molecule has 1 rings (SSSR count). The van der Waals surface area contributed by atoms with Gasteiger partial charge in [0, 0.05) is 19.1 Å². The van der Waals surface area contributed by atoms with Crippen molar-refractivity contribution in [2.45, 2.75) is 45.4 Å². The molecule has 0 saturated carbocycles. The van der Waals surface area contributed by atoms with Gasteiger partial charge < -0.3 is 4.74 Å². The van der Waals surface area contributed by atoms with Crippen molar-refractivity contribution in [1.29, 1.82) is 5.26 Å². The second-order valence-corrected chi connectivity index (χ2v) is 4.90. The highest BCUT2D eigenvalue weighted by Gasteiger charge is 2.31. The third-order valence-electron chi connectivity index (χ3n) is 3.07. The van der Waals surface area contributed by atoms with Gasteiger partial charge >= 0.3 is 0 Å². The molecule has 92 valence electrons. The molecule has 0 spiro atoms. The number of likely N-dealkylation sites (N-methyl/N-ethyl adjacent to an activating group) is 1. The highest BCUT2D eigenvalue weighted by atomic mass is 16.5. The number of nitrogens with zero attached hydrogens (tertiary/aromatic N) is 2. The molecule has 3 atom stereocenters. The van der Waals surface area contributed by atoms with Gasteiger partial charge in [0.2, 0.25) is 0 Å². The largest absolute Gasteiger partial charge is 0.376 e. The number of hydrogen-bond donors (Lipinski definition) is 1. The summed E-state index contributed by atoms with van der Waals surface area (Å²) >= 11 is 0. The topological polar surface area (TPSA) is 48.3 Å². The Morgan fingerprint density at radius 3 is 2.81 bits per heavy atom. The Morgan fingerprint density at radius 2 is 2.25 bits per heavy atom. The molecule has 0 amide bonds. The third kappa shape index (κ3) is 3.44. The van der Waals surface area contributed by atoms with Crippen LogP contribution in [0.4, 0.5) is 0 Å². The van der Waals surface area contributed by atoms with E-state index in [-0.39, 0.29) is 6.10 Å². The molecule has 4 heteroatoms. The molecule has 0 aromatic carbocycles. The molecule has 1 heterocycles. The van der Waals surface area contributed by atoms with Crippen molar-refractivity contribution in [3.05, 3.63) is 0 Å². The maximum Gasteiger partial charge on any atom is 0.116 e. The van der Waals surface area contributed by atoms with Crippen molar-refractivity contribution < 1.29 is 4.74 Å². The number of morpholine rings is 1. The quantitative estimate of drug-likeness (QED) is 0.775. The fourth-order valence-corrected chi connectivity index (χ4v) is 2.12. The van der Waals surface area contributed by atoms with E-state index < -0.39 is 5.54 Å². The van der Waals surface area contributed by atoms with Crippen LogP contribution in [-0.2, 0) is 4.74 Å². The fraction of sp³-hybridized carbons (Fsp3) is 0.917. The lowest BCUT2D eigenvalue weighted by Gasteiger charge is -2.40. The van der Waals surface area contributed by atoms with Gasteiger partial charge in [0.15, 0.2) is 0 Å². The van der Waals surface area contributed by atoms with Crippen LogP contribution in [0.3, 0.4) is 0 Å². The Hall–Kier alpha value is -0.630. The average molecular weight is 225 g/mol. The monoisotopic (exact) mass is 225 g/mol. The van der Waals surface area contributed by atoms with Crippen LogP contribution in [0, 0.1) is 11.3 Å². The van der Waals surface area contributed by atoms with Gasteiger partial charge in [0.25, 0.3) is 0 Å². The molecule has 4 nitrogen and oxygen atoms in total. The standard InChI is InChI=1S/C12H23N3O/c1-5-14-12(4,8-13)9-15-6-11(3)16-7-10(15)2/h10-11,14H,5-7,9H2,1-4H3. The van der Waals surface area contributed by atoms with Crippen molar-refractivity contribution in [3.63, 3.8) is 0 Å². The van der Waals surface area contributed by atoms with Gasteiger partial charge in [0.05, 0.1) is 18.8 Å². The Kier molecular flexibility index (Phi) is 4.72. The van der Waals surface area contributed by atoms with E-state index in [0.717, 1.165) is 26.2 Å². The summed E-state index contributed by atoms with van der Waals surface area (Å²) in [4.78, 5) is 2.33. The highest BCUT2D eigenvalue weighted by Crippen LogP contribution is 2.15. The number of ether oxygens (including phenoxy) is 1. The van der Waals surface area contributed by atoms with Gasteiger partial charge in [-0.05, 0) is 27.3 Å². The molecule has 0 bridgehead atoms. The van der Waals surface area contributed by atoms with Gasteiger partial charge in [-0.2, -0.15) is 5.26 Å². The summed E-state index contributed by atoms with van der Waals surface area (Å²) in [7, 11) is 0. The number of rotatable bonds is 4. The van der Waals surface area contributed by atoms with E-state index in [0.29, 0.717) is 6.04 Å². The van der Waals surface area contributed by atoms with Gasteiger partial charge in [-0.3, -0.25) is 10.2 Å². The van der Waals surface area contributed by atoms with Crippen molar-refractivity contribution in [1.82, 2.24) is 10.2 Å². The zero-order chi connectivity index (χ0) is 12.2. The van der Waals surface area contributed by atoms with E-state index >= 15 is 0 Å². The summed E-state index contributed by atoms with van der Waals surface area (Å²) in [6, 6.07) is 2.76. The number of nitrogens with one attached hydrogen (secondary N) is 1. The SMILES string of the molecule is CCNC(C)(C#N)CN1CC(C)OCC1C. The lowest BCUT2D eigenvalue weighted by Crippen LogP contribution is -2.56. The molecule has 1 fully saturated rings. The van der Waals surface area contributed by atoms with Crippen LogP contribution in [-0.4, -0.2) is 48.8 Å². The summed E-state index contributed by atoms with van der Waals surface area (Å²) in [6.07, 6.45) is 0.265. The van der Waals surface area contributed by atoms with Gasteiger partial charge in [-0.25, -0.2) is 0 Å². The zero-order valence-electron chi connectivity index (χ0n) is 10.8. The molecule has 1 saturated heterocycles. The van der Waals surface area contributed by atoms with E-state index in [1.54, 1.807) is 0 Å². The summed E-state index contributed by atoms with van der Waals surface area (Å²) in [5.74, 6) is 0. The molecule has 1 aliphatic heterocycles.